The average Bonchev–Trinajstić information content (AvgIpc) is 2.39. The molecular weight excluding hydrogens is 267 g/mol. The van der Waals surface area contributed by atoms with Crippen LogP contribution in [0.4, 0.5) is 4.39 Å². The molecule has 1 fully saturated rings. The summed E-state index contributed by atoms with van der Waals surface area (Å²) >= 11 is 0. The van der Waals surface area contributed by atoms with Crippen molar-refractivity contribution in [2.45, 2.75) is 30.7 Å². The fraction of sp³-hybridized carbons (Fsp3) is 0.538. The lowest BCUT2D eigenvalue weighted by Gasteiger charge is -2.31. The van der Waals surface area contributed by atoms with E-state index in [4.69, 9.17) is 0 Å². The predicted molar refractivity (Wildman–Crippen MR) is 71.9 cm³/mol. The lowest BCUT2D eigenvalue weighted by atomic mass is 10.1. The Bertz CT molecular complexity index is 525. The fourth-order valence-electron chi connectivity index (χ4n) is 2.31. The molecule has 1 aliphatic rings. The molecule has 19 heavy (non-hydrogen) atoms. The molecule has 6 heteroatoms. The Morgan fingerprint density at radius 2 is 1.95 bits per heavy atom. The second-order valence-corrected chi connectivity index (χ2v) is 6.44. The smallest absolute Gasteiger partial charge is 0.243 e. The molecule has 4 nitrogen and oxygen atoms in total. The van der Waals surface area contributed by atoms with Crippen LogP contribution in [0.15, 0.2) is 29.2 Å². The normalized spacial score (nSPS) is 18.6. The molecular formula is C13H19FN2O2S. The Morgan fingerprint density at radius 3 is 2.53 bits per heavy atom. The maximum absolute atomic E-state index is 13.5. The van der Waals surface area contributed by atoms with Crippen molar-refractivity contribution in [3.8, 4) is 0 Å². The molecule has 0 radical (unpaired) electrons. The van der Waals surface area contributed by atoms with E-state index in [1.807, 2.05) is 0 Å². The highest BCUT2D eigenvalue weighted by Crippen LogP contribution is 2.17. The number of halogens is 1. The van der Waals surface area contributed by atoms with Gasteiger partial charge in [-0.3, -0.25) is 0 Å². The van der Waals surface area contributed by atoms with E-state index in [0.29, 0.717) is 0 Å². The van der Waals surface area contributed by atoms with Crippen LogP contribution in [0.5, 0.6) is 0 Å². The van der Waals surface area contributed by atoms with Gasteiger partial charge < -0.3 is 4.90 Å². The second-order valence-electron chi connectivity index (χ2n) is 4.76. The van der Waals surface area contributed by atoms with Crippen molar-refractivity contribution >= 4 is 10.0 Å². The van der Waals surface area contributed by atoms with E-state index in [-0.39, 0.29) is 10.9 Å². The zero-order valence-corrected chi connectivity index (χ0v) is 11.8. The van der Waals surface area contributed by atoms with Gasteiger partial charge in [0.25, 0.3) is 0 Å². The van der Waals surface area contributed by atoms with Crippen LogP contribution in [0.25, 0.3) is 0 Å². The summed E-state index contributed by atoms with van der Waals surface area (Å²) in [6, 6.07) is 5.35. The first-order valence-corrected chi connectivity index (χ1v) is 8.00. The summed E-state index contributed by atoms with van der Waals surface area (Å²) in [6.07, 6.45) is 1.53. The molecule has 0 atom stereocenters. The largest absolute Gasteiger partial charge is 0.303 e. The van der Waals surface area contributed by atoms with Gasteiger partial charge in [-0.25, -0.2) is 17.5 Å². The molecule has 0 saturated carbocycles. The van der Waals surface area contributed by atoms with Crippen molar-refractivity contribution in [1.82, 2.24) is 9.62 Å². The molecule has 0 bridgehead atoms. The molecule has 0 unspecified atom stereocenters. The van der Waals surface area contributed by atoms with Crippen molar-refractivity contribution in [3.05, 3.63) is 30.1 Å². The van der Waals surface area contributed by atoms with Gasteiger partial charge in [-0.05, 0) is 44.6 Å². The molecule has 0 aliphatic carbocycles. The number of hydrogen-bond acceptors (Lipinski definition) is 3. The van der Waals surface area contributed by atoms with E-state index < -0.39 is 15.8 Å². The van der Waals surface area contributed by atoms with Crippen LogP contribution in [0.2, 0.25) is 0 Å². The van der Waals surface area contributed by atoms with Crippen LogP contribution >= 0.6 is 0 Å². The van der Waals surface area contributed by atoms with Crippen LogP contribution in [0.3, 0.4) is 0 Å². The monoisotopic (exact) mass is 286 g/mol. The minimum Gasteiger partial charge on any atom is -0.303 e. The van der Waals surface area contributed by atoms with Crippen LogP contribution in [-0.4, -0.2) is 39.0 Å². The highest BCUT2D eigenvalue weighted by molar-refractivity contribution is 7.89. The van der Waals surface area contributed by atoms with Gasteiger partial charge in [0.2, 0.25) is 10.0 Å². The minimum absolute atomic E-state index is 0.104. The van der Waals surface area contributed by atoms with Crippen LogP contribution in [-0.2, 0) is 10.0 Å². The molecule has 1 aromatic rings. The number of nitrogens with zero attached hydrogens (tertiary/aromatic N) is 1. The van der Waals surface area contributed by atoms with Crippen LogP contribution < -0.4 is 4.72 Å². The predicted octanol–water partition coefficient (Wildman–Crippen LogP) is 1.59. The van der Waals surface area contributed by atoms with Gasteiger partial charge >= 0.3 is 0 Å². The quantitative estimate of drug-likeness (QED) is 0.914. The second kappa shape index (κ2) is 5.98. The molecule has 0 amide bonds. The zero-order chi connectivity index (χ0) is 13.9. The summed E-state index contributed by atoms with van der Waals surface area (Å²) in [5.41, 5.74) is 0. The Kier molecular flexibility index (Phi) is 4.54. The maximum Gasteiger partial charge on any atom is 0.243 e. The van der Waals surface area contributed by atoms with Gasteiger partial charge in [-0.15, -0.1) is 0 Å². The number of nitrogens with one attached hydrogen (secondary N) is 1. The number of benzene rings is 1. The van der Waals surface area contributed by atoms with E-state index in [0.717, 1.165) is 38.5 Å². The van der Waals surface area contributed by atoms with E-state index in [1.54, 1.807) is 0 Å². The third-order valence-electron chi connectivity index (χ3n) is 3.48. The van der Waals surface area contributed by atoms with Gasteiger partial charge in [0.1, 0.15) is 10.7 Å². The number of sulfonamides is 1. The fourth-order valence-corrected chi connectivity index (χ4v) is 3.70. The molecule has 106 valence electrons. The lowest BCUT2D eigenvalue weighted by molar-refractivity contribution is 0.217. The molecule has 1 heterocycles. The third kappa shape index (κ3) is 3.52. The van der Waals surface area contributed by atoms with Crippen molar-refractivity contribution in [3.63, 3.8) is 0 Å². The molecule has 1 N–H and O–H groups in total. The van der Waals surface area contributed by atoms with Crippen molar-refractivity contribution < 1.29 is 12.8 Å². The van der Waals surface area contributed by atoms with Crippen LogP contribution in [0, 0.1) is 5.82 Å². The summed E-state index contributed by atoms with van der Waals surface area (Å²) in [5, 5.41) is 0. The molecule has 0 spiro atoms. The van der Waals surface area contributed by atoms with Crippen molar-refractivity contribution in [2.75, 3.05) is 19.6 Å². The third-order valence-corrected chi connectivity index (χ3v) is 5.04. The molecule has 1 aliphatic heterocycles. The summed E-state index contributed by atoms with van der Waals surface area (Å²) < 4.78 is 40.3. The van der Waals surface area contributed by atoms with Gasteiger partial charge in [0.05, 0.1) is 0 Å². The number of hydrogen-bond donors (Lipinski definition) is 1. The molecule has 1 aromatic carbocycles. The Hall–Kier alpha value is -0.980. The Labute approximate surface area is 113 Å². The van der Waals surface area contributed by atoms with Gasteiger partial charge in [-0.1, -0.05) is 19.1 Å². The standard InChI is InChI=1S/C13H19FN2O2S/c1-2-16-9-7-11(8-10-16)15-19(17,18)13-6-4-3-5-12(13)14/h3-6,11,15H,2,7-10H2,1H3. The molecule has 1 saturated heterocycles. The summed E-state index contributed by atoms with van der Waals surface area (Å²) in [7, 11) is -3.76. The SMILES string of the molecule is CCN1CCC(NS(=O)(=O)c2ccccc2F)CC1. The first-order chi connectivity index (χ1) is 9.03. The topological polar surface area (TPSA) is 49.4 Å². The lowest BCUT2D eigenvalue weighted by Crippen LogP contribution is -2.44. The first-order valence-electron chi connectivity index (χ1n) is 6.52. The average molecular weight is 286 g/mol. The number of piperidine rings is 1. The van der Waals surface area contributed by atoms with E-state index >= 15 is 0 Å². The maximum atomic E-state index is 13.5. The summed E-state index contributed by atoms with van der Waals surface area (Å²) in [5.74, 6) is -0.707. The number of likely N-dealkylation sites (tertiary alicyclic amines) is 1. The highest BCUT2D eigenvalue weighted by Gasteiger charge is 2.25. The van der Waals surface area contributed by atoms with Crippen molar-refractivity contribution in [2.24, 2.45) is 0 Å². The van der Waals surface area contributed by atoms with Gasteiger partial charge in [-0.2, -0.15) is 0 Å². The zero-order valence-electron chi connectivity index (χ0n) is 11.0. The summed E-state index contributed by atoms with van der Waals surface area (Å²) in [4.78, 5) is 2.00. The Morgan fingerprint density at radius 1 is 1.32 bits per heavy atom. The van der Waals surface area contributed by atoms with Gasteiger partial charge in [0, 0.05) is 6.04 Å². The molecule has 0 aromatic heterocycles. The highest BCUT2D eigenvalue weighted by atomic mass is 32.2. The molecule has 2 rings (SSSR count). The minimum atomic E-state index is -3.76. The van der Waals surface area contributed by atoms with Gasteiger partial charge in [0.15, 0.2) is 0 Å². The summed E-state index contributed by atoms with van der Waals surface area (Å²) in [6.45, 7) is 4.82. The van der Waals surface area contributed by atoms with E-state index in [1.165, 1.54) is 18.2 Å². The first kappa shape index (κ1) is 14.4. The van der Waals surface area contributed by atoms with Crippen LogP contribution in [0.1, 0.15) is 19.8 Å². The number of rotatable bonds is 4. The van der Waals surface area contributed by atoms with Crippen molar-refractivity contribution in [1.29, 1.82) is 0 Å². The van der Waals surface area contributed by atoms with E-state index in [9.17, 15) is 12.8 Å². The Balaban J connectivity index is 2.05. The van der Waals surface area contributed by atoms with E-state index in [2.05, 4.69) is 16.5 Å².